The molecule has 1 aromatic heterocycles. The molecule has 1 atom stereocenters. The van der Waals surface area contributed by atoms with Gasteiger partial charge in [0.1, 0.15) is 0 Å². The van der Waals surface area contributed by atoms with E-state index in [0.29, 0.717) is 6.61 Å². The summed E-state index contributed by atoms with van der Waals surface area (Å²) in [6.07, 6.45) is 0. The molecule has 0 aromatic carbocycles. The van der Waals surface area contributed by atoms with Crippen LogP contribution in [0.15, 0.2) is 5.38 Å². The molecule has 74 valence electrons. The highest BCUT2D eigenvalue weighted by Gasteiger charge is 2.12. The third kappa shape index (κ3) is 3.38. The number of hydrogen-bond acceptors (Lipinski definition) is 5. The highest BCUT2D eigenvalue weighted by atomic mass is 32.1. The maximum atomic E-state index is 5.35. The molecular weight excluding hydrogens is 186 g/mol. The van der Waals surface area contributed by atoms with Gasteiger partial charge in [0.25, 0.3) is 0 Å². The Kier molecular flexibility index (Phi) is 4.88. The van der Waals surface area contributed by atoms with Crippen LogP contribution >= 0.6 is 11.5 Å². The van der Waals surface area contributed by atoms with E-state index in [1.54, 1.807) is 0 Å². The number of rotatable bonds is 6. The van der Waals surface area contributed by atoms with Gasteiger partial charge < -0.3 is 10.1 Å². The fourth-order valence-electron chi connectivity index (χ4n) is 1.05. The Bertz CT molecular complexity index is 215. The van der Waals surface area contributed by atoms with Crippen LogP contribution in [-0.4, -0.2) is 29.3 Å². The van der Waals surface area contributed by atoms with E-state index in [2.05, 4.69) is 21.8 Å². The van der Waals surface area contributed by atoms with Crippen molar-refractivity contribution < 1.29 is 4.74 Å². The largest absolute Gasteiger partial charge is 0.380 e. The molecule has 4 nitrogen and oxygen atoms in total. The van der Waals surface area contributed by atoms with E-state index in [9.17, 15) is 0 Å². The number of likely N-dealkylation sites (N-methyl/N-ethyl adjacent to an activating group) is 1. The Morgan fingerprint density at radius 3 is 3.00 bits per heavy atom. The van der Waals surface area contributed by atoms with Crippen molar-refractivity contribution in [2.75, 3.05) is 19.8 Å². The molecule has 1 unspecified atom stereocenters. The summed E-state index contributed by atoms with van der Waals surface area (Å²) in [6.45, 7) is 6.37. The summed E-state index contributed by atoms with van der Waals surface area (Å²) in [5.41, 5.74) is 0.973. The van der Waals surface area contributed by atoms with Gasteiger partial charge >= 0.3 is 0 Å². The molecule has 1 aromatic rings. The molecule has 0 radical (unpaired) electrons. The van der Waals surface area contributed by atoms with Gasteiger partial charge in [-0.15, -0.1) is 5.10 Å². The molecule has 0 saturated heterocycles. The van der Waals surface area contributed by atoms with E-state index in [1.165, 1.54) is 11.5 Å². The van der Waals surface area contributed by atoms with E-state index in [1.807, 2.05) is 12.3 Å². The molecule has 0 amide bonds. The lowest BCUT2D eigenvalue weighted by Gasteiger charge is -2.14. The zero-order valence-corrected chi connectivity index (χ0v) is 8.80. The van der Waals surface area contributed by atoms with Crippen molar-refractivity contribution in [1.82, 2.24) is 14.9 Å². The van der Waals surface area contributed by atoms with Crippen LogP contribution in [-0.2, 0) is 4.74 Å². The first-order valence-electron chi connectivity index (χ1n) is 4.46. The molecule has 5 heteroatoms. The highest BCUT2D eigenvalue weighted by molar-refractivity contribution is 7.03. The Labute approximate surface area is 82.5 Å². The molecule has 1 heterocycles. The highest BCUT2D eigenvalue weighted by Crippen LogP contribution is 2.11. The number of hydrogen-bond donors (Lipinski definition) is 1. The Balaban J connectivity index is 2.47. The van der Waals surface area contributed by atoms with Gasteiger partial charge in [0.2, 0.25) is 0 Å². The fraction of sp³-hybridized carbons (Fsp3) is 0.750. The van der Waals surface area contributed by atoms with Gasteiger partial charge in [0.05, 0.1) is 18.3 Å². The summed E-state index contributed by atoms with van der Waals surface area (Å²) in [7, 11) is 0. The van der Waals surface area contributed by atoms with Crippen molar-refractivity contribution in [3.05, 3.63) is 11.1 Å². The number of nitrogens with zero attached hydrogens (tertiary/aromatic N) is 2. The molecule has 13 heavy (non-hydrogen) atoms. The molecule has 1 N–H and O–H groups in total. The molecule has 0 spiro atoms. The summed E-state index contributed by atoms with van der Waals surface area (Å²) in [6, 6.07) is 0.184. The minimum atomic E-state index is 0.184. The summed E-state index contributed by atoms with van der Waals surface area (Å²) < 4.78 is 9.18. The van der Waals surface area contributed by atoms with Gasteiger partial charge in [0, 0.05) is 12.0 Å². The maximum absolute atomic E-state index is 5.35. The second kappa shape index (κ2) is 6.01. The van der Waals surface area contributed by atoms with Crippen LogP contribution < -0.4 is 5.32 Å². The standard InChI is InChI=1S/C8H15N3OS/c1-3-9-7(5-12-4-2)8-6-13-11-10-8/h6-7,9H,3-5H2,1-2H3. The first-order valence-corrected chi connectivity index (χ1v) is 5.30. The first-order chi connectivity index (χ1) is 6.38. The summed E-state index contributed by atoms with van der Waals surface area (Å²) in [5.74, 6) is 0. The lowest BCUT2D eigenvalue weighted by atomic mass is 10.2. The second-order valence-corrected chi connectivity index (χ2v) is 3.21. The third-order valence-corrected chi connectivity index (χ3v) is 2.20. The van der Waals surface area contributed by atoms with Gasteiger partial charge in [-0.3, -0.25) is 0 Å². The van der Waals surface area contributed by atoms with Gasteiger partial charge in [-0.1, -0.05) is 11.4 Å². The van der Waals surface area contributed by atoms with Crippen molar-refractivity contribution in [2.45, 2.75) is 19.9 Å². The molecule has 0 aliphatic heterocycles. The van der Waals surface area contributed by atoms with Gasteiger partial charge in [-0.25, -0.2) is 0 Å². The number of nitrogens with one attached hydrogen (secondary N) is 1. The van der Waals surface area contributed by atoms with E-state index in [0.717, 1.165) is 18.8 Å². The third-order valence-electron chi connectivity index (χ3n) is 1.67. The van der Waals surface area contributed by atoms with Crippen LogP contribution in [0.1, 0.15) is 25.6 Å². The SMILES string of the molecule is CCNC(COCC)c1csnn1. The fourth-order valence-corrected chi connectivity index (χ4v) is 1.56. The van der Waals surface area contributed by atoms with Crippen LogP contribution in [0.25, 0.3) is 0 Å². The molecule has 0 bridgehead atoms. The average Bonchev–Trinajstić information content (AvgIpc) is 2.65. The Morgan fingerprint density at radius 2 is 2.46 bits per heavy atom. The lowest BCUT2D eigenvalue weighted by molar-refractivity contribution is 0.122. The topological polar surface area (TPSA) is 47.0 Å². The first kappa shape index (κ1) is 10.6. The molecule has 0 fully saturated rings. The lowest BCUT2D eigenvalue weighted by Crippen LogP contribution is -2.25. The van der Waals surface area contributed by atoms with Crippen molar-refractivity contribution >= 4 is 11.5 Å². The minimum absolute atomic E-state index is 0.184. The summed E-state index contributed by atoms with van der Waals surface area (Å²) in [4.78, 5) is 0. The average molecular weight is 201 g/mol. The van der Waals surface area contributed by atoms with Crippen molar-refractivity contribution in [1.29, 1.82) is 0 Å². The van der Waals surface area contributed by atoms with Crippen LogP contribution in [0.3, 0.4) is 0 Å². The van der Waals surface area contributed by atoms with Crippen LogP contribution in [0.2, 0.25) is 0 Å². The summed E-state index contributed by atoms with van der Waals surface area (Å²) >= 11 is 1.37. The van der Waals surface area contributed by atoms with Gasteiger partial charge in [0.15, 0.2) is 0 Å². The van der Waals surface area contributed by atoms with Crippen molar-refractivity contribution in [3.8, 4) is 0 Å². The van der Waals surface area contributed by atoms with Crippen molar-refractivity contribution in [3.63, 3.8) is 0 Å². The predicted molar refractivity (Wildman–Crippen MR) is 52.8 cm³/mol. The second-order valence-electron chi connectivity index (χ2n) is 2.60. The molecular formula is C8H15N3OS. The van der Waals surface area contributed by atoms with E-state index in [4.69, 9.17) is 4.74 Å². The molecule has 0 aliphatic carbocycles. The van der Waals surface area contributed by atoms with Crippen LogP contribution in [0.5, 0.6) is 0 Å². The van der Waals surface area contributed by atoms with E-state index in [-0.39, 0.29) is 6.04 Å². The quantitative estimate of drug-likeness (QED) is 0.752. The van der Waals surface area contributed by atoms with E-state index < -0.39 is 0 Å². The van der Waals surface area contributed by atoms with Crippen LogP contribution in [0, 0.1) is 0 Å². The van der Waals surface area contributed by atoms with Gasteiger partial charge in [-0.05, 0) is 25.0 Å². The molecule has 1 rings (SSSR count). The smallest absolute Gasteiger partial charge is 0.0948 e. The zero-order chi connectivity index (χ0) is 9.52. The minimum Gasteiger partial charge on any atom is -0.380 e. The van der Waals surface area contributed by atoms with Crippen molar-refractivity contribution in [2.24, 2.45) is 0 Å². The Morgan fingerprint density at radius 1 is 1.62 bits per heavy atom. The monoisotopic (exact) mass is 201 g/mol. The normalized spacial score (nSPS) is 13.1. The molecule has 0 saturated carbocycles. The molecule has 0 aliphatic rings. The Hall–Kier alpha value is -0.520. The number of ether oxygens (including phenoxy) is 1. The van der Waals surface area contributed by atoms with Gasteiger partial charge in [-0.2, -0.15) is 0 Å². The zero-order valence-electron chi connectivity index (χ0n) is 7.99. The van der Waals surface area contributed by atoms with E-state index >= 15 is 0 Å². The summed E-state index contributed by atoms with van der Waals surface area (Å²) in [5, 5.41) is 9.26. The van der Waals surface area contributed by atoms with Crippen LogP contribution in [0.4, 0.5) is 0 Å². The number of aromatic nitrogens is 2. The predicted octanol–water partition coefficient (Wildman–Crippen LogP) is 1.23. The maximum Gasteiger partial charge on any atom is 0.0948 e.